The van der Waals surface area contributed by atoms with E-state index in [4.69, 9.17) is 0 Å². The maximum absolute atomic E-state index is 13.5. The van der Waals surface area contributed by atoms with E-state index in [9.17, 15) is 9.18 Å². The van der Waals surface area contributed by atoms with Crippen LogP contribution in [-0.2, 0) is 6.42 Å². The Morgan fingerprint density at radius 3 is 2.44 bits per heavy atom. The number of nitrogens with zero attached hydrogens (tertiary/aromatic N) is 3. The zero-order chi connectivity index (χ0) is 22.7. The lowest BCUT2D eigenvalue weighted by Gasteiger charge is -2.09. The molecular weight excluding hydrogens is 401 g/mol. The van der Waals surface area contributed by atoms with Crippen LogP contribution < -0.4 is 0 Å². The van der Waals surface area contributed by atoms with Crippen LogP contribution in [0.4, 0.5) is 4.39 Å². The van der Waals surface area contributed by atoms with Gasteiger partial charge in [0.25, 0.3) is 0 Å². The van der Waals surface area contributed by atoms with Gasteiger partial charge < -0.3 is 0 Å². The van der Waals surface area contributed by atoms with E-state index >= 15 is 0 Å². The normalized spacial score (nSPS) is 10.9. The second-order valence-electron chi connectivity index (χ2n) is 8.01. The summed E-state index contributed by atoms with van der Waals surface area (Å²) in [4.78, 5) is 25.9. The Hall–Kier alpha value is -3.73. The molecule has 0 unspecified atom stereocenters. The minimum Gasteiger partial charge on any atom is -0.292 e. The maximum Gasteiger partial charge on any atom is 0.181 e. The number of carbonyl (C=O) groups excluding carboxylic acids is 1. The molecule has 3 aromatic heterocycles. The van der Waals surface area contributed by atoms with Crippen molar-refractivity contribution in [3.63, 3.8) is 0 Å². The Kier molecular flexibility index (Phi) is 6.17. The van der Waals surface area contributed by atoms with Crippen LogP contribution in [0, 0.1) is 26.6 Å². The molecule has 32 heavy (non-hydrogen) atoms. The third-order valence-electron chi connectivity index (χ3n) is 5.48. The zero-order valence-electron chi connectivity index (χ0n) is 18.4. The molecule has 5 heteroatoms. The van der Waals surface area contributed by atoms with Gasteiger partial charge in [-0.25, -0.2) is 4.39 Å². The number of ketones is 1. The standard InChI is InChI=1S/C27H24FN3O/c1-17-12-25(30-16-24(17)21-5-4-6-23(28)14-21)26(32)8-7-20-11-18(2)27(31-15-20)22-9-10-29-19(3)13-22/h4-6,9-16H,7-8H2,1-3H3. The molecule has 160 valence electrons. The van der Waals surface area contributed by atoms with Gasteiger partial charge in [-0.3, -0.25) is 19.7 Å². The number of carbonyl (C=O) groups is 1. The first kappa shape index (κ1) is 21.5. The Bertz CT molecular complexity index is 1300. The van der Waals surface area contributed by atoms with E-state index in [1.54, 1.807) is 24.5 Å². The van der Waals surface area contributed by atoms with Crippen molar-refractivity contribution in [3.05, 3.63) is 101 Å². The molecule has 4 aromatic rings. The summed E-state index contributed by atoms with van der Waals surface area (Å²) >= 11 is 0. The molecular formula is C27H24FN3O. The largest absolute Gasteiger partial charge is 0.292 e. The lowest BCUT2D eigenvalue weighted by atomic mass is 9.99. The third-order valence-corrected chi connectivity index (χ3v) is 5.48. The van der Waals surface area contributed by atoms with Crippen molar-refractivity contribution in [2.75, 3.05) is 0 Å². The topological polar surface area (TPSA) is 55.7 Å². The number of aromatic nitrogens is 3. The van der Waals surface area contributed by atoms with Gasteiger partial charge in [-0.1, -0.05) is 18.2 Å². The van der Waals surface area contributed by atoms with Crippen LogP contribution in [0.15, 0.2) is 67.1 Å². The number of rotatable bonds is 6. The molecule has 3 heterocycles. The van der Waals surface area contributed by atoms with Gasteiger partial charge in [0.1, 0.15) is 11.5 Å². The van der Waals surface area contributed by atoms with Crippen LogP contribution in [0.3, 0.4) is 0 Å². The molecule has 0 spiro atoms. The highest BCUT2D eigenvalue weighted by Gasteiger charge is 2.12. The Balaban J connectivity index is 1.46. The summed E-state index contributed by atoms with van der Waals surface area (Å²) in [5.74, 6) is -0.318. The molecule has 0 atom stereocenters. The van der Waals surface area contributed by atoms with Gasteiger partial charge >= 0.3 is 0 Å². The molecule has 4 nitrogen and oxygen atoms in total. The van der Waals surface area contributed by atoms with E-state index in [1.165, 1.54) is 12.1 Å². The Morgan fingerprint density at radius 1 is 0.875 bits per heavy atom. The minimum atomic E-state index is -0.295. The highest BCUT2D eigenvalue weighted by atomic mass is 19.1. The van der Waals surface area contributed by atoms with Crippen LogP contribution >= 0.6 is 0 Å². The van der Waals surface area contributed by atoms with E-state index in [0.29, 0.717) is 18.5 Å². The molecule has 0 aliphatic carbocycles. The fraction of sp³-hybridized carbons (Fsp3) is 0.185. The molecule has 0 bridgehead atoms. The van der Waals surface area contributed by atoms with Crippen LogP contribution in [0.2, 0.25) is 0 Å². The number of halogens is 1. The van der Waals surface area contributed by atoms with E-state index < -0.39 is 0 Å². The van der Waals surface area contributed by atoms with Gasteiger partial charge in [0.2, 0.25) is 0 Å². The number of benzene rings is 1. The summed E-state index contributed by atoms with van der Waals surface area (Å²) in [7, 11) is 0. The smallest absolute Gasteiger partial charge is 0.181 e. The summed E-state index contributed by atoms with van der Waals surface area (Å²) in [6.45, 7) is 5.89. The van der Waals surface area contributed by atoms with Gasteiger partial charge in [-0.15, -0.1) is 0 Å². The van der Waals surface area contributed by atoms with Crippen molar-refractivity contribution in [3.8, 4) is 22.4 Å². The molecule has 0 radical (unpaired) electrons. The molecule has 0 saturated heterocycles. The predicted molar refractivity (Wildman–Crippen MR) is 124 cm³/mol. The van der Waals surface area contributed by atoms with Crippen molar-refractivity contribution in [1.29, 1.82) is 0 Å². The second-order valence-corrected chi connectivity index (χ2v) is 8.01. The first-order valence-corrected chi connectivity index (χ1v) is 10.5. The predicted octanol–water partition coefficient (Wildman–Crippen LogP) is 6.09. The van der Waals surface area contributed by atoms with Gasteiger partial charge in [0.15, 0.2) is 5.78 Å². The minimum absolute atomic E-state index is 0.0228. The maximum atomic E-state index is 13.5. The van der Waals surface area contributed by atoms with Crippen LogP contribution in [-0.4, -0.2) is 20.7 Å². The highest BCUT2D eigenvalue weighted by molar-refractivity contribution is 5.95. The molecule has 0 saturated carbocycles. The average Bonchev–Trinajstić information content (AvgIpc) is 2.77. The number of pyridine rings is 3. The number of hydrogen-bond acceptors (Lipinski definition) is 4. The first-order chi connectivity index (χ1) is 15.4. The lowest BCUT2D eigenvalue weighted by molar-refractivity contribution is 0.0978. The number of Topliss-reactive ketones (excluding diaryl/α,β-unsaturated/α-hetero) is 1. The van der Waals surface area contributed by atoms with Crippen molar-refractivity contribution >= 4 is 5.78 Å². The highest BCUT2D eigenvalue weighted by Crippen LogP contribution is 2.25. The van der Waals surface area contributed by atoms with Gasteiger partial charge in [-0.2, -0.15) is 0 Å². The quantitative estimate of drug-likeness (QED) is 0.351. The molecule has 0 N–H and O–H groups in total. The fourth-order valence-corrected chi connectivity index (χ4v) is 3.82. The lowest BCUT2D eigenvalue weighted by Crippen LogP contribution is -2.05. The van der Waals surface area contributed by atoms with Crippen LogP contribution in [0.5, 0.6) is 0 Å². The van der Waals surface area contributed by atoms with Crippen molar-refractivity contribution in [2.24, 2.45) is 0 Å². The summed E-state index contributed by atoms with van der Waals surface area (Å²) in [5, 5.41) is 0. The monoisotopic (exact) mass is 425 g/mol. The molecule has 0 aliphatic rings. The molecule has 0 aliphatic heterocycles. The molecule has 0 amide bonds. The van der Waals surface area contributed by atoms with Crippen LogP contribution in [0.25, 0.3) is 22.4 Å². The van der Waals surface area contributed by atoms with Crippen molar-refractivity contribution < 1.29 is 9.18 Å². The average molecular weight is 426 g/mol. The van der Waals surface area contributed by atoms with Crippen molar-refractivity contribution in [1.82, 2.24) is 15.0 Å². The fourth-order valence-electron chi connectivity index (χ4n) is 3.82. The third kappa shape index (κ3) is 4.78. The zero-order valence-corrected chi connectivity index (χ0v) is 18.4. The Labute approximate surface area is 187 Å². The Morgan fingerprint density at radius 2 is 1.72 bits per heavy atom. The first-order valence-electron chi connectivity index (χ1n) is 10.5. The SMILES string of the molecule is Cc1cc(-c2ncc(CCC(=O)c3cc(C)c(-c4cccc(F)c4)cn3)cc2C)ccn1. The molecule has 0 fully saturated rings. The molecule has 4 rings (SSSR count). The summed E-state index contributed by atoms with van der Waals surface area (Å²) in [6, 6.07) is 14.2. The summed E-state index contributed by atoms with van der Waals surface area (Å²) in [5.41, 5.74) is 7.88. The van der Waals surface area contributed by atoms with Gasteiger partial charge in [0, 0.05) is 41.8 Å². The van der Waals surface area contributed by atoms with E-state index in [-0.39, 0.29) is 11.6 Å². The number of hydrogen-bond donors (Lipinski definition) is 0. The van der Waals surface area contributed by atoms with Gasteiger partial charge in [0.05, 0.1) is 5.69 Å². The summed E-state index contributed by atoms with van der Waals surface area (Å²) < 4.78 is 13.5. The van der Waals surface area contributed by atoms with Crippen LogP contribution in [0.1, 0.15) is 39.3 Å². The van der Waals surface area contributed by atoms with E-state index in [1.807, 2.05) is 45.2 Å². The van der Waals surface area contributed by atoms with E-state index in [0.717, 1.165) is 44.8 Å². The number of aryl methyl sites for hydroxylation is 4. The van der Waals surface area contributed by atoms with E-state index in [2.05, 4.69) is 21.0 Å². The van der Waals surface area contributed by atoms with Crippen molar-refractivity contribution in [2.45, 2.75) is 33.6 Å². The van der Waals surface area contributed by atoms with Gasteiger partial charge in [-0.05, 0) is 79.8 Å². The summed E-state index contributed by atoms with van der Waals surface area (Å²) in [6.07, 6.45) is 6.20. The molecule has 1 aromatic carbocycles. The second kappa shape index (κ2) is 9.18.